The summed E-state index contributed by atoms with van der Waals surface area (Å²) < 4.78 is 15.6. The highest BCUT2D eigenvalue weighted by molar-refractivity contribution is 7.46. The Kier molecular flexibility index (Phi) is 19.5. The van der Waals surface area contributed by atoms with E-state index in [2.05, 4.69) is 28.5 Å². The van der Waals surface area contributed by atoms with Gasteiger partial charge in [-0.05, 0) is 32.1 Å². The van der Waals surface area contributed by atoms with E-state index in [4.69, 9.17) is 20.2 Å². The highest BCUT2D eigenvalue weighted by Gasteiger charge is 2.29. The summed E-state index contributed by atoms with van der Waals surface area (Å²) in [6.07, 6.45) is 19.1. The van der Waals surface area contributed by atoms with E-state index in [0.717, 1.165) is 25.7 Å². The van der Waals surface area contributed by atoms with Crippen molar-refractivity contribution >= 4 is 7.82 Å². The third-order valence-electron chi connectivity index (χ3n) is 5.00. The Morgan fingerprint density at radius 3 is 1.72 bits per heavy atom. The van der Waals surface area contributed by atoms with Crippen molar-refractivity contribution in [3.05, 3.63) is 12.2 Å². The molecule has 1 unspecified atom stereocenters. The smallest absolute Gasteiger partial charge is 0.393 e. The van der Waals surface area contributed by atoms with Gasteiger partial charge in [-0.2, -0.15) is 0 Å². The molecule has 0 aliphatic rings. The molecule has 0 bridgehead atoms. The van der Waals surface area contributed by atoms with Gasteiger partial charge in [0.1, 0.15) is 12.2 Å². The predicted octanol–water partition coefficient (Wildman–Crippen LogP) is 5.74. The minimum absolute atomic E-state index is 0.304. The monoisotopic (exact) mass is 438 g/mol. The maximum Gasteiger partial charge on any atom is 0.469 e. The van der Waals surface area contributed by atoms with E-state index in [-0.39, 0.29) is 0 Å². The second kappa shape index (κ2) is 19.7. The molecule has 0 fully saturated rings. The number of aliphatic hydroxyl groups is 1. The van der Waals surface area contributed by atoms with Gasteiger partial charge in [0.15, 0.2) is 0 Å². The fourth-order valence-electron chi connectivity index (χ4n) is 3.29. The van der Waals surface area contributed by atoms with Crippen molar-refractivity contribution in [2.24, 2.45) is 0 Å². The van der Waals surface area contributed by atoms with E-state index in [1.807, 2.05) is 0 Å². The van der Waals surface area contributed by atoms with Crippen molar-refractivity contribution in [3.8, 4) is 0 Å². The molecule has 0 aromatic rings. The Bertz CT molecular complexity index is 421. The summed E-state index contributed by atoms with van der Waals surface area (Å²) in [6.45, 7) is 1.67. The van der Waals surface area contributed by atoms with Crippen LogP contribution in [0.3, 0.4) is 0 Å². The molecule has 0 amide bonds. The van der Waals surface area contributed by atoms with Crippen LogP contribution in [-0.4, -0.2) is 39.0 Å². The molecular formula is C21H43O7P. The molecule has 0 aliphatic heterocycles. The van der Waals surface area contributed by atoms with Crippen LogP contribution >= 0.6 is 7.82 Å². The molecule has 0 spiro atoms. The number of aliphatic hydroxyl groups excluding tert-OH is 1. The number of phosphoric acid groups is 1. The molecule has 0 aliphatic carbocycles. The minimum Gasteiger partial charge on any atom is -0.393 e. The van der Waals surface area contributed by atoms with Crippen molar-refractivity contribution in [1.82, 2.24) is 0 Å². The lowest BCUT2D eigenvalue weighted by molar-refractivity contribution is -0.301. The molecule has 4 N–H and O–H groups in total. The quantitative estimate of drug-likeness (QED) is 0.0593. The molecule has 0 radical (unpaired) electrons. The maximum atomic E-state index is 11.0. The van der Waals surface area contributed by atoms with Crippen LogP contribution in [0.25, 0.3) is 0 Å². The Hall–Kier alpha value is -0.270. The summed E-state index contributed by atoms with van der Waals surface area (Å²) >= 11 is 0. The molecule has 8 heteroatoms. The molecule has 0 aromatic heterocycles. The Morgan fingerprint density at radius 1 is 0.793 bits per heavy atom. The van der Waals surface area contributed by atoms with Gasteiger partial charge in [-0.1, -0.05) is 83.3 Å². The van der Waals surface area contributed by atoms with Crippen LogP contribution in [0.15, 0.2) is 12.2 Å². The zero-order valence-corrected chi connectivity index (χ0v) is 19.0. The molecule has 0 aromatic carbocycles. The van der Waals surface area contributed by atoms with Crippen LogP contribution in [0.5, 0.6) is 0 Å². The Balaban J connectivity index is 3.63. The summed E-state index contributed by atoms with van der Waals surface area (Å²) in [5.74, 6) is 0. The van der Waals surface area contributed by atoms with Crippen molar-refractivity contribution in [3.63, 3.8) is 0 Å². The number of phosphoric ester groups is 1. The number of unbranched alkanes of at least 4 members (excludes halogenated alkanes) is 12. The second-order valence-electron chi connectivity index (χ2n) is 7.69. The molecule has 29 heavy (non-hydrogen) atoms. The maximum absolute atomic E-state index is 11.0. The first-order valence-electron chi connectivity index (χ1n) is 11.2. The van der Waals surface area contributed by atoms with E-state index < -0.39 is 26.6 Å². The highest BCUT2D eigenvalue weighted by Crippen LogP contribution is 2.39. The van der Waals surface area contributed by atoms with Crippen molar-refractivity contribution in [1.29, 1.82) is 0 Å². The van der Waals surface area contributed by atoms with Gasteiger partial charge in [0.25, 0.3) is 0 Å². The highest BCUT2D eigenvalue weighted by atomic mass is 31.2. The van der Waals surface area contributed by atoms with E-state index >= 15 is 0 Å². The van der Waals surface area contributed by atoms with Gasteiger partial charge in [-0.3, -0.25) is 9.78 Å². The van der Waals surface area contributed by atoms with Crippen LogP contribution in [0.2, 0.25) is 0 Å². The summed E-state index contributed by atoms with van der Waals surface area (Å²) in [5.41, 5.74) is 0. The fraction of sp³-hybridized carbons (Fsp3) is 0.905. The summed E-state index contributed by atoms with van der Waals surface area (Å²) in [5, 5.41) is 17.8. The SMILES string of the molecule is CCCCCCCC/C=C\CCCCCCCCC(OP(=O)(O)O)[C@H](CO)OO. The number of hydrogen-bond acceptors (Lipinski definition) is 5. The first-order chi connectivity index (χ1) is 13.9. The van der Waals surface area contributed by atoms with Crippen LogP contribution < -0.4 is 0 Å². The summed E-state index contributed by atoms with van der Waals surface area (Å²) in [7, 11) is -4.70. The van der Waals surface area contributed by atoms with E-state index in [1.54, 1.807) is 0 Å². The molecule has 0 saturated carbocycles. The van der Waals surface area contributed by atoms with Gasteiger partial charge < -0.3 is 14.9 Å². The van der Waals surface area contributed by atoms with Gasteiger partial charge in [-0.15, -0.1) is 0 Å². The average molecular weight is 439 g/mol. The third kappa shape index (κ3) is 19.4. The van der Waals surface area contributed by atoms with E-state index in [1.165, 1.54) is 57.8 Å². The van der Waals surface area contributed by atoms with Crippen molar-refractivity contribution in [2.45, 2.75) is 115 Å². The summed E-state index contributed by atoms with van der Waals surface area (Å²) in [6, 6.07) is 0. The van der Waals surface area contributed by atoms with Crippen LogP contribution in [-0.2, 0) is 14.0 Å². The molecule has 0 rings (SSSR count). The van der Waals surface area contributed by atoms with E-state index in [0.29, 0.717) is 12.8 Å². The third-order valence-corrected chi connectivity index (χ3v) is 5.55. The van der Waals surface area contributed by atoms with Crippen molar-refractivity contribution in [2.75, 3.05) is 6.61 Å². The number of hydrogen-bond donors (Lipinski definition) is 4. The first-order valence-corrected chi connectivity index (χ1v) is 12.8. The van der Waals surface area contributed by atoms with Gasteiger partial charge >= 0.3 is 7.82 Å². The minimum atomic E-state index is -4.70. The molecular weight excluding hydrogens is 395 g/mol. The zero-order valence-electron chi connectivity index (χ0n) is 18.1. The van der Waals surface area contributed by atoms with E-state index in [9.17, 15) is 4.57 Å². The standard InChI is InChI=1S/C21H43O7P/c1-2-3-4-5-6-7-8-9-10-11-12-13-14-15-16-17-18-20(21(19-22)27-23)28-29(24,25)26/h9-10,20-23H,2-8,11-19H2,1H3,(H2,24,25,26)/b10-9-/t20?,21-/m0/s1. The van der Waals surface area contributed by atoms with Crippen LogP contribution in [0.1, 0.15) is 103 Å². The molecule has 7 nitrogen and oxygen atoms in total. The fourth-order valence-corrected chi connectivity index (χ4v) is 3.89. The van der Waals surface area contributed by atoms with Gasteiger partial charge in [0.05, 0.1) is 6.61 Å². The van der Waals surface area contributed by atoms with Gasteiger partial charge in [-0.25, -0.2) is 9.45 Å². The lowest BCUT2D eigenvalue weighted by Crippen LogP contribution is -2.33. The van der Waals surface area contributed by atoms with Crippen molar-refractivity contribution < 1.29 is 34.1 Å². The largest absolute Gasteiger partial charge is 0.469 e. The number of rotatable bonds is 21. The molecule has 0 saturated heterocycles. The van der Waals surface area contributed by atoms with Gasteiger partial charge in [0.2, 0.25) is 0 Å². The van der Waals surface area contributed by atoms with Crippen LogP contribution in [0.4, 0.5) is 0 Å². The summed E-state index contributed by atoms with van der Waals surface area (Å²) in [4.78, 5) is 21.9. The zero-order chi connectivity index (χ0) is 21.8. The Morgan fingerprint density at radius 2 is 1.28 bits per heavy atom. The predicted molar refractivity (Wildman–Crippen MR) is 116 cm³/mol. The molecule has 0 heterocycles. The van der Waals surface area contributed by atoms with Gasteiger partial charge in [0, 0.05) is 0 Å². The lowest BCUT2D eigenvalue weighted by atomic mass is 10.0. The van der Waals surface area contributed by atoms with Crippen LogP contribution in [0, 0.1) is 0 Å². The second-order valence-corrected chi connectivity index (χ2v) is 8.88. The molecule has 2 atom stereocenters. The average Bonchev–Trinajstić information content (AvgIpc) is 2.67. The normalized spacial score (nSPS) is 14.5. The first kappa shape index (κ1) is 28.7. The topological polar surface area (TPSA) is 116 Å². The Labute approximate surface area is 176 Å². The number of allylic oxidation sites excluding steroid dienone is 2. The lowest BCUT2D eigenvalue weighted by Gasteiger charge is -2.23. The molecule has 174 valence electrons.